The summed E-state index contributed by atoms with van der Waals surface area (Å²) in [6.07, 6.45) is 7.62. The van der Waals surface area contributed by atoms with Gasteiger partial charge in [0.2, 0.25) is 0 Å². The van der Waals surface area contributed by atoms with E-state index in [2.05, 4.69) is 5.92 Å². The molecule has 1 aromatic rings. The van der Waals surface area contributed by atoms with Crippen LogP contribution in [0.15, 0.2) is 18.2 Å². The van der Waals surface area contributed by atoms with Gasteiger partial charge in [0.1, 0.15) is 5.75 Å². The summed E-state index contributed by atoms with van der Waals surface area (Å²) < 4.78 is 5.17. The predicted molar refractivity (Wildman–Crippen MR) is 66.0 cm³/mol. The molecule has 1 aliphatic carbocycles. The molecule has 3 heteroatoms. The summed E-state index contributed by atoms with van der Waals surface area (Å²) in [5.41, 5.74) is 1.08. The smallest absolute Gasteiger partial charge is 0.255 e. The number of carbonyl (C=O) groups is 1. The van der Waals surface area contributed by atoms with Crippen LogP contribution in [0.25, 0.3) is 0 Å². The summed E-state index contributed by atoms with van der Waals surface area (Å²) in [6.45, 7) is 0. The third-order valence-corrected chi connectivity index (χ3v) is 3.04. The summed E-state index contributed by atoms with van der Waals surface area (Å²) >= 11 is 0. The molecule has 1 saturated carbocycles. The molecule has 0 aromatic heterocycles. The molecule has 1 aromatic carbocycles. The highest BCUT2D eigenvalue weighted by atomic mass is 16.5. The predicted octanol–water partition coefficient (Wildman–Crippen LogP) is 1.91. The van der Waals surface area contributed by atoms with Crippen LogP contribution in [0.2, 0.25) is 0 Å². The Morgan fingerprint density at radius 3 is 2.76 bits per heavy atom. The van der Waals surface area contributed by atoms with E-state index in [9.17, 15) is 4.79 Å². The highest BCUT2D eigenvalue weighted by Crippen LogP contribution is 2.29. The molecule has 0 N–H and O–H groups in total. The lowest BCUT2D eigenvalue weighted by molar-refractivity contribution is 0.0784. The second-order valence-electron chi connectivity index (χ2n) is 4.17. The molecule has 0 bridgehead atoms. The van der Waals surface area contributed by atoms with Crippen molar-refractivity contribution in [3.8, 4) is 18.1 Å². The van der Waals surface area contributed by atoms with Gasteiger partial charge in [-0.15, -0.1) is 6.42 Å². The van der Waals surface area contributed by atoms with Crippen LogP contribution in [0, 0.1) is 12.3 Å². The fourth-order valence-corrected chi connectivity index (χ4v) is 1.85. The van der Waals surface area contributed by atoms with Crippen LogP contribution in [0.4, 0.5) is 0 Å². The van der Waals surface area contributed by atoms with Gasteiger partial charge in [-0.3, -0.25) is 4.79 Å². The molecule has 0 radical (unpaired) electrons. The fraction of sp³-hybridized carbons (Fsp3) is 0.357. The van der Waals surface area contributed by atoms with Crippen molar-refractivity contribution in [1.29, 1.82) is 0 Å². The number of rotatable bonds is 3. The zero-order valence-electron chi connectivity index (χ0n) is 10.1. The minimum absolute atomic E-state index is 0.0284. The Kier molecular flexibility index (Phi) is 3.06. The van der Waals surface area contributed by atoms with Gasteiger partial charge in [-0.2, -0.15) is 0 Å². The molecule has 0 atom stereocenters. The Bertz CT molecular complexity index is 483. The maximum atomic E-state index is 12.2. The Morgan fingerprint density at radius 2 is 2.24 bits per heavy atom. The summed E-state index contributed by atoms with van der Waals surface area (Å²) in [7, 11) is 3.37. The summed E-state index contributed by atoms with van der Waals surface area (Å²) in [6, 6.07) is 5.68. The van der Waals surface area contributed by atoms with E-state index in [1.807, 2.05) is 7.05 Å². The SMILES string of the molecule is C#Cc1c(OC)cccc1C(=O)N(C)C1CC1. The lowest BCUT2D eigenvalue weighted by Gasteiger charge is -2.18. The lowest BCUT2D eigenvalue weighted by atomic mass is 10.1. The maximum absolute atomic E-state index is 12.2. The van der Waals surface area contributed by atoms with Gasteiger partial charge in [0.25, 0.3) is 5.91 Å². The minimum atomic E-state index is -0.0284. The Balaban J connectivity index is 2.37. The van der Waals surface area contributed by atoms with Crippen LogP contribution in [-0.4, -0.2) is 31.0 Å². The molecule has 2 rings (SSSR count). The number of nitrogens with zero attached hydrogens (tertiary/aromatic N) is 1. The first-order chi connectivity index (χ1) is 8.19. The Morgan fingerprint density at radius 1 is 1.53 bits per heavy atom. The van der Waals surface area contributed by atoms with Gasteiger partial charge < -0.3 is 9.64 Å². The first-order valence-corrected chi connectivity index (χ1v) is 5.59. The minimum Gasteiger partial charge on any atom is -0.495 e. The lowest BCUT2D eigenvalue weighted by Crippen LogP contribution is -2.29. The molecule has 1 fully saturated rings. The number of benzene rings is 1. The second-order valence-corrected chi connectivity index (χ2v) is 4.17. The van der Waals surface area contributed by atoms with Crippen molar-refractivity contribution in [2.24, 2.45) is 0 Å². The normalized spacial score (nSPS) is 13.9. The van der Waals surface area contributed by atoms with Crippen molar-refractivity contribution in [3.63, 3.8) is 0 Å². The van der Waals surface area contributed by atoms with Crippen LogP contribution in [0.5, 0.6) is 5.75 Å². The first-order valence-electron chi connectivity index (χ1n) is 5.59. The monoisotopic (exact) mass is 229 g/mol. The van der Waals surface area contributed by atoms with Crippen molar-refractivity contribution >= 4 is 5.91 Å². The fourth-order valence-electron chi connectivity index (χ4n) is 1.85. The van der Waals surface area contributed by atoms with Crippen molar-refractivity contribution in [3.05, 3.63) is 29.3 Å². The third kappa shape index (κ3) is 2.12. The van der Waals surface area contributed by atoms with E-state index in [0.29, 0.717) is 22.9 Å². The number of amides is 1. The van der Waals surface area contributed by atoms with E-state index in [1.165, 1.54) is 0 Å². The third-order valence-electron chi connectivity index (χ3n) is 3.04. The number of hydrogen-bond acceptors (Lipinski definition) is 2. The standard InChI is InChI=1S/C14H15NO2/c1-4-11-12(6-5-7-13(11)17-3)14(16)15(2)10-8-9-10/h1,5-7,10H,8-9H2,2-3H3. The van der Waals surface area contributed by atoms with E-state index in [1.54, 1.807) is 30.2 Å². The number of hydrogen-bond donors (Lipinski definition) is 0. The largest absolute Gasteiger partial charge is 0.495 e. The van der Waals surface area contributed by atoms with Crippen LogP contribution < -0.4 is 4.74 Å². The van der Waals surface area contributed by atoms with Crippen LogP contribution in [0.1, 0.15) is 28.8 Å². The van der Waals surface area contributed by atoms with E-state index < -0.39 is 0 Å². The first kappa shape index (κ1) is 11.5. The van der Waals surface area contributed by atoms with Gasteiger partial charge in [-0.05, 0) is 25.0 Å². The highest BCUT2D eigenvalue weighted by Gasteiger charge is 2.31. The van der Waals surface area contributed by atoms with E-state index in [0.717, 1.165) is 12.8 Å². The van der Waals surface area contributed by atoms with Crippen LogP contribution in [0.3, 0.4) is 0 Å². The topological polar surface area (TPSA) is 29.5 Å². The Hall–Kier alpha value is -1.95. The van der Waals surface area contributed by atoms with Crippen molar-refractivity contribution in [2.45, 2.75) is 18.9 Å². The van der Waals surface area contributed by atoms with E-state index in [-0.39, 0.29) is 5.91 Å². The highest BCUT2D eigenvalue weighted by molar-refractivity contribution is 5.97. The molecule has 0 heterocycles. The van der Waals surface area contributed by atoms with Crippen molar-refractivity contribution in [1.82, 2.24) is 4.90 Å². The quantitative estimate of drug-likeness (QED) is 0.741. The summed E-state index contributed by atoms with van der Waals surface area (Å²) in [4.78, 5) is 14.0. The summed E-state index contributed by atoms with van der Waals surface area (Å²) in [5.74, 6) is 3.08. The molecule has 88 valence electrons. The van der Waals surface area contributed by atoms with Crippen LogP contribution in [-0.2, 0) is 0 Å². The molecule has 0 unspecified atom stereocenters. The number of ether oxygens (including phenoxy) is 1. The molecule has 0 saturated heterocycles. The van der Waals surface area contributed by atoms with Gasteiger partial charge in [-0.1, -0.05) is 12.0 Å². The molecule has 0 spiro atoms. The molecular weight excluding hydrogens is 214 g/mol. The molecular formula is C14H15NO2. The number of methoxy groups -OCH3 is 1. The van der Waals surface area contributed by atoms with Crippen molar-refractivity contribution < 1.29 is 9.53 Å². The molecule has 1 aliphatic rings. The van der Waals surface area contributed by atoms with Gasteiger partial charge in [-0.25, -0.2) is 0 Å². The van der Waals surface area contributed by atoms with Gasteiger partial charge in [0.15, 0.2) is 0 Å². The zero-order valence-corrected chi connectivity index (χ0v) is 10.1. The molecule has 17 heavy (non-hydrogen) atoms. The van der Waals surface area contributed by atoms with Crippen LogP contribution >= 0.6 is 0 Å². The molecule has 3 nitrogen and oxygen atoms in total. The van der Waals surface area contributed by atoms with Crippen molar-refractivity contribution in [2.75, 3.05) is 14.2 Å². The second kappa shape index (κ2) is 4.50. The van der Waals surface area contributed by atoms with Gasteiger partial charge in [0, 0.05) is 13.1 Å². The van der Waals surface area contributed by atoms with Gasteiger partial charge >= 0.3 is 0 Å². The Labute approximate surface area is 101 Å². The molecule has 1 amide bonds. The summed E-state index contributed by atoms with van der Waals surface area (Å²) in [5, 5.41) is 0. The van der Waals surface area contributed by atoms with E-state index in [4.69, 9.17) is 11.2 Å². The number of carbonyl (C=O) groups excluding carboxylic acids is 1. The maximum Gasteiger partial charge on any atom is 0.255 e. The van der Waals surface area contributed by atoms with Gasteiger partial charge in [0.05, 0.1) is 18.2 Å². The number of terminal acetylenes is 1. The average Bonchev–Trinajstić information content (AvgIpc) is 3.20. The zero-order chi connectivity index (χ0) is 12.4. The average molecular weight is 229 g/mol. The molecule has 0 aliphatic heterocycles. The van der Waals surface area contributed by atoms with E-state index >= 15 is 0 Å².